The molecule has 0 unspecified atom stereocenters. The Balaban J connectivity index is 2.74. The summed E-state index contributed by atoms with van der Waals surface area (Å²) in [6, 6.07) is 1.79. The molecule has 0 radical (unpaired) electrons. The van der Waals surface area contributed by atoms with Crippen LogP contribution in [0.1, 0.15) is 13.8 Å². The lowest BCUT2D eigenvalue weighted by Crippen LogP contribution is -2.38. The highest BCUT2D eigenvalue weighted by Gasteiger charge is 2.29. The number of rotatable bonds is 5. The van der Waals surface area contributed by atoms with Crippen molar-refractivity contribution in [1.82, 2.24) is 9.97 Å². The third-order valence-corrected chi connectivity index (χ3v) is 5.34. The summed E-state index contributed by atoms with van der Waals surface area (Å²) >= 11 is 1.51. The lowest BCUT2D eigenvalue weighted by Gasteiger charge is -2.23. The predicted octanol–water partition coefficient (Wildman–Crippen LogP) is 1.43. The van der Waals surface area contributed by atoms with Crippen LogP contribution >= 0.6 is 11.8 Å². The number of anilines is 1. The molecule has 0 atom stereocenters. The maximum Gasteiger partial charge on any atom is 0.154 e. The molecule has 0 bridgehead atoms. The molecular weight excluding hydrogens is 258 g/mol. The smallest absolute Gasteiger partial charge is 0.154 e. The Hall–Kier alpha value is -0.820. The second-order valence-electron chi connectivity index (χ2n) is 4.33. The molecule has 0 aliphatic rings. The molecule has 0 fully saturated rings. The van der Waals surface area contributed by atoms with Crippen LogP contribution in [0, 0.1) is 0 Å². The van der Waals surface area contributed by atoms with Gasteiger partial charge in [0.15, 0.2) is 9.84 Å². The Morgan fingerprint density at radius 3 is 2.59 bits per heavy atom. The number of nitrogens with one attached hydrogen (secondary N) is 1. The molecule has 1 aromatic rings. The Morgan fingerprint density at radius 2 is 2.06 bits per heavy atom. The van der Waals surface area contributed by atoms with E-state index in [-0.39, 0.29) is 0 Å². The number of nitrogens with zero attached hydrogens (tertiary/aromatic N) is 2. The average molecular weight is 275 g/mol. The van der Waals surface area contributed by atoms with Crippen molar-refractivity contribution in [2.75, 3.05) is 24.4 Å². The second-order valence-corrected chi connectivity index (χ2v) is 7.81. The maximum atomic E-state index is 11.5. The molecule has 0 saturated heterocycles. The van der Waals surface area contributed by atoms with Gasteiger partial charge in [-0.15, -0.1) is 11.8 Å². The van der Waals surface area contributed by atoms with E-state index in [1.54, 1.807) is 19.9 Å². The van der Waals surface area contributed by atoms with Gasteiger partial charge in [0.2, 0.25) is 0 Å². The summed E-state index contributed by atoms with van der Waals surface area (Å²) in [5.74, 6) is 0.640. The van der Waals surface area contributed by atoms with Gasteiger partial charge in [-0.05, 0) is 20.1 Å². The predicted molar refractivity (Wildman–Crippen MR) is 71.2 cm³/mol. The van der Waals surface area contributed by atoms with E-state index in [9.17, 15) is 8.42 Å². The molecular formula is C10H17N3O2S2. The Morgan fingerprint density at radius 1 is 1.41 bits per heavy atom. The third kappa shape index (κ3) is 3.85. The summed E-state index contributed by atoms with van der Waals surface area (Å²) in [5.41, 5.74) is 0. The molecule has 1 heterocycles. The fourth-order valence-electron chi connectivity index (χ4n) is 0.982. The van der Waals surface area contributed by atoms with Gasteiger partial charge in [-0.25, -0.2) is 18.4 Å². The van der Waals surface area contributed by atoms with Gasteiger partial charge in [0.1, 0.15) is 17.2 Å². The van der Waals surface area contributed by atoms with E-state index in [4.69, 9.17) is 0 Å². The van der Waals surface area contributed by atoms with Crippen molar-refractivity contribution in [1.29, 1.82) is 0 Å². The van der Waals surface area contributed by atoms with E-state index in [0.29, 0.717) is 12.4 Å². The van der Waals surface area contributed by atoms with Gasteiger partial charge < -0.3 is 5.32 Å². The highest BCUT2D eigenvalue weighted by Crippen LogP contribution is 2.18. The quantitative estimate of drug-likeness (QED) is 0.647. The fourth-order valence-corrected chi connectivity index (χ4v) is 1.70. The van der Waals surface area contributed by atoms with Crippen LogP contribution in [0.3, 0.4) is 0 Å². The van der Waals surface area contributed by atoms with Crippen molar-refractivity contribution in [2.45, 2.75) is 23.6 Å². The second kappa shape index (κ2) is 5.22. The minimum absolute atomic E-state index is 0.316. The van der Waals surface area contributed by atoms with Gasteiger partial charge in [-0.2, -0.15) is 0 Å². The van der Waals surface area contributed by atoms with Crippen LogP contribution in [0.15, 0.2) is 17.4 Å². The van der Waals surface area contributed by atoms with E-state index in [2.05, 4.69) is 15.3 Å². The Kier molecular flexibility index (Phi) is 4.37. The van der Waals surface area contributed by atoms with E-state index < -0.39 is 14.6 Å². The molecule has 0 amide bonds. The summed E-state index contributed by atoms with van der Waals surface area (Å²) in [5, 5.41) is 3.87. The zero-order chi connectivity index (χ0) is 13.1. The molecule has 1 aromatic heterocycles. The largest absolute Gasteiger partial charge is 0.368 e. The first kappa shape index (κ1) is 14.2. The molecule has 0 aliphatic heterocycles. The normalized spacial score (nSPS) is 12.5. The zero-order valence-electron chi connectivity index (χ0n) is 10.4. The minimum atomic E-state index is -3.10. The van der Waals surface area contributed by atoms with E-state index in [0.717, 1.165) is 5.03 Å². The molecule has 0 saturated carbocycles. The Labute approximate surface area is 106 Å². The Bertz CT molecular complexity index is 486. The topological polar surface area (TPSA) is 72.0 Å². The van der Waals surface area contributed by atoms with Crippen LogP contribution in [-0.2, 0) is 9.84 Å². The molecule has 17 heavy (non-hydrogen) atoms. The molecule has 1 N–H and O–H groups in total. The molecule has 96 valence electrons. The van der Waals surface area contributed by atoms with Crippen LogP contribution in [0.25, 0.3) is 0 Å². The standard InChI is InChI=1S/C10H17N3O2S2/c1-10(2,17(4,14)15)6-11-8-5-9(16-3)13-7-12-8/h5,7H,6H2,1-4H3,(H,11,12,13). The van der Waals surface area contributed by atoms with Crippen molar-refractivity contribution in [2.24, 2.45) is 0 Å². The van der Waals surface area contributed by atoms with Crippen molar-refractivity contribution in [3.63, 3.8) is 0 Å². The van der Waals surface area contributed by atoms with Crippen molar-refractivity contribution in [3.8, 4) is 0 Å². The molecule has 0 aliphatic carbocycles. The van der Waals surface area contributed by atoms with Gasteiger partial charge in [0, 0.05) is 18.9 Å². The average Bonchev–Trinajstić information content (AvgIpc) is 2.25. The van der Waals surface area contributed by atoms with E-state index in [1.165, 1.54) is 24.3 Å². The molecule has 1 rings (SSSR count). The van der Waals surface area contributed by atoms with E-state index in [1.807, 2.05) is 6.26 Å². The first-order chi connectivity index (χ1) is 7.76. The lowest BCUT2D eigenvalue weighted by atomic mass is 10.2. The number of hydrogen-bond acceptors (Lipinski definition) is 6. The first-order valence-corrected chi connectivity index (χ1v) is 8.17. The van der Waals surface area contributed by atoms with Crippen LogP contribution in [0.5, 0.6) is 0 Å². The maximum absolute atomic E-state index is 11.5. The fraction of sp³-hybridized carbons (Fsp3) is 0.600. The van der Waals surface area contributed by atoms with Gasteiger partial charge in [-0.1, -0.05) is 0 Å². The monoisotopic (exact) mass is 275 g/mol. The van der Waals surface area contributed by atoms with Crippen LogP contribution in [-0.4, -0.2) is 42.2 Å². The summed E-state index contributed by atoms with van der Waals surface area (Å²) in [7, 11) is -3.10. The lowest BCUT2D eigenvalue weighted by molar-refractivity contribution is 0.559. The van der Waals surface area contributed by atoms with Gasteiger partial charge in [0.25, 0.3) is 0 Å². The highest BCUT2D eigenvalue weighted by atomic mass is 32.2. The molecule has 5 nitrogen and oxygen atoms in total. The summed E-state index contributed by atoms with van der Waals surface area (Å²) < 4.78 is 22.2. The van der Waals surface area contributed by atoms with Crippen molar-refractivity contribution in [3.05, 3.63) is 12.4 Å². The van der Waals surface area contributed by atoms with Gasteiger partial charge >= 0.3 is 0 Å². The zero-order valence-corrected chi connectivity index (χ0v) is 12.0. The third-order valence-electron chi connectivity index (χ3n) is 2.55. The van der Waals surface area contributed by atoms with Crippen LogP contribution in [0.4, 0.5) is 5.82 Å². The van der Waals surface area contributed by atoms with Crippen LogP contribution < -0.4 is 5.32 Å². The van der Waals surface area contributed by atoms with Gasteiger partial charge in [0.05, 0.1) is 4.75 Å². The summed E-state index contributed by atoms with van der Waals surface area (Å²) in [6.07, 6.45) is 4.62. The number of hydrogen-bond donors (Lipinski definition) is 1. The molecule has 0 aromatic carbocycles. The number of sulfone groups is 1. The summed E-state index contributed by atoms with van der Waals surface area (Å²) in [4.78, 5) is 8.09. The first-order valence-electron chi connectivity index (χ1n) is 5.06. The number of aromatic nitrogens is 2. The van der Waals surface area contributed by atoms with Crippen molar-refractivity contribution < 1.29 is 8.42 Å². The number of thioether (sulfide) groups is 1. The van der Waals surface area contributed by atoms with Gasteiger partial charge in [-0.3, -0.25) is 0 Å². The molecule has 0 spiro atoms. The SMILES string of the molecule is CSc1cc(NCC(C)(C)S(C)(=O)=O)ncn1. The molecule has 7 heteroatoms. The highest BCUT2D eigenvalue weighted by molar-refractivity contribution is 7.98. The minimum Gasteiger partial charge on any atom is -0.368 e. The van der Waals surface area contributed by atoms with Crippen molar-refractivity contribution >= 4 is 27.4 Å². The summed E-state index contributed by atoms with van der Waals surface area (Å²) in [6.45, 7) is 3.69. The van der Waals surface area contributed by atoms with Crippen LogP contribution in [0.2, 0.25) is 0 Å². The van der Waals surface area contributed by atoms with E-state index >= 15 is 0 Å².